The highest BCUT2D eigenvalue weighted by atomic mass is 35.5. The van der Waals surface area contributed by atoms with Crippen LogP contribution in [0.2, 0.25) is 5.02 Å². The Bertz CT molecular complexity index is 413. The summed E-state index contributed by atoms with van der Waals surface area (Å²) >= 11 is 5.85. The predicted molar refractivity (Wildman–Crippen MR) is 85.7 cm³/mol. The summed E-state index contributed by atoms with van der Waals surface area (Å²) in [6.45, 7) is 6.27. The quantitative estimate of drug-likeness (QED) is 0.843. The smallest absolute Gasteiger partial charge is 0.126 e. The fourth-order valence-corrected chi connectivity index (χ4v) is 3.34. The van der Waals surface area contributed by atoms with E-state index in [0.717, 1.165) is 17.1 Å². The normalized spacial score (nSPS) is 27.5. The lowest BCUT2D eigenvalue weighted by Gasteiger charge is -2.36. The molecule has 1 aliphatic heterocycles. The second-order valence-corrected chi connectivity index (χ2v) is 6.74. The topological polar surface area (TPSA) is 33.9 Å². The van der Waals surface area contributed by atoms with Gasteiger partial charge in [-0.05, 0) is 50.8 Å². The van der Waals surface area contributed by atoms with Gasteiger partial charge in [0.1, 0.15) is 12.6 Å². The van der Waals surface area contributed by atoms with E-state index in [0.29, 0.717) is 25.3 Å². The van der Waals surface area contributed by atoms with Gasteiger partial charge in [0.15, 0.2) is 0 Å². The fraction of sp³-hybridized carbons (Fsp3) is 0.647. The van der Waals surface area contributed by atoms with Gasteiger partial charge in [0.2, 0.25) is 0 Å². The van der Waals surface area contributed by atoms with Crippen molar-refractivity contribution in [2.45, 2.75) is 57.9 Å². The number of aliphatic hydroxyl groups excluding tert-OH is 1. The van der Waals surface area contributed by atoms with Crippen LogP contribution in [0.5, 0.6) is 0 Å². The molecule has 0 bridgehead atoms. The van der Waals surface area contributed by atoms with Gasteiger partial charge in [-0.1, -0.05) is 23.7 Å². The number of rotatable bonds is 6. The Morgan fingerprint density at radius 1 is 1.24 bits per heavy atom. The van der Waals surface area contributed by atoms with Crippen molar-refractivity contribution in [1.29, 1.82) is 0 Å². The highest BCUT2D eigenvalue weighted by Crippen LogP contribution is 2.10. The summed E-state index contributed by atoms with van der Waals surface area (Å²) in [5.41, 5.74) is 1.08. The number of nitrogens with one attached hydrogen (secondary N) is 1. The van der Waals surface area contributed by atoms with Gasteiger partial charge in [0, 0.05) is 5.02 Å². The van der Waals surface area contributed by atoms with Gasteiger partial charge < -0.3 is 14.7 Å². The van der Waals surface area contributed by atoms with E-state index < -0.39 is 6.10 Å². The van der Waals surface area contributed by atoms with Gasteiger partial charge in [-0.2, -0.15) is 0 Å². The first-order chi connectivity index (χ1) is 10.1. The Labute approximate surface area is 132 Å². The maximum Gasteiger partial charge on any atom is 0.126 e. The summed E-state index contributed by atoms with van der Waals surface area (Å²) in [6, 6.07) is 8.90. The molecule has 3 nitrogen and oxygen atoms in total. The molecule has 2 rings (SSSR count). The lowest BCUT2D eigenvalue weighted by Crippen LogP contribution is -3.20. The standard InChI is InChI=1S/C17H26ClNO2/c1-13-4-3-5-14(2)19(13)10-17(20)12-21-11-15-6-8-16(18)9-7-15/h6-9,13-14,17,20H,3-5,10-12H2,1-2H3/p+1/t13-,14+,17-/m0/s1. The Balaban J connectivity index is 1.71. The Hall–Kier alpha value is -0.610. The molecule has 1 aliphatic rings. The number of benzene rings is 1. The molecule has 1 saturated heterocycles. The maximum atomic E-state index is 10.2. The van der Waals surface area contributed by atoms with Crippen molar-refractivity contribution in [3.05, 3.63) is 34.9 Å². The molecule has 0 amide bonds. The van der Waals surface area contributed by atoms with Crippen LogP contribution in [0.1, 0.15) is 38.7 Å². The Kier molecular flexibility index (Phi) is 6.49. The molecule has 2 N–H and O–H groups in total. The van der Waals surface area contributed by atoms with Crippen molar-refractivity contribution >= 4 is 11.6 Å². The van der Waals surface area contributed by atoms with Crippen LogP contribution < -0.4 is 4.90 Å². The molecule has 1 heterocycles. The molecule has 1 unspecified atom stereocenters. The first kappa shape index (κ1) is 16.8. The van der Waals surface area contributed by atoms with Crippen LogP contribution in [-0.2, 0) is 11.3 Å². The molecule has 4 heteroatoms. The van der Waals surface area contributed by atoms with Gasteiger partial charge in [-0.15, -0.1) is 0 Å². The highest BCUT2D eigenvalue weighted by Gasteiger charge is 2.30. The van der Waals surface area contributed by atoms with Crippen molar-refractivity contribution in [2.75, 3.05) is 13.2 Å². The average molecular weight is 313 g/mol. The zero-order valence-electron chi connectivity index (χ0n) is 13.0. The van der Waals surface area contributed by atoms with Crippen LogP contribution in [0.3, 0.4) is 0 Å². The number of quaternary nitrogens is 1. The van der Waals surface area contributed by atoms with Gasteiger partial charge >= 0.3 is 0 Å². The average Bonchev–Trinajstić information content (AvgIpc) is 2.45. The molecule has 1 aromatic rings. The second-order valence-electron chi connectivity index (χ2n) is 6.31. The van der Waals surface area contributed by atoms with Crippen molar-refractivity contribution in [1.82, 2.24) is 0 Å². The number of halogens is 1. The number of hydrogen-bond acceptors (Lipinski definition) is 2. The summed E-state index contributed by atoms with van der Waals surface area (Å²) in [6.07, 6.45) is 3.45. The lowest BCUT2D eigenvalue weighted by molar-refractivity contribution is -0.954. The third-order valence-electron chi connectivity index (χ3n) is 4.50. The molecule has 0 saturated carbocycles. The molecule has 4 atom stereocenters. The fourth-order valence-electron chi connectivity index (χ4n) is 3.21. The number of aliphatic hydroxyl groups is 1. The minimum Gasteiger partial charge on any atom is -0.385 e. The summed E-state index contributed by atoms with van der Waals surface area (Å²) < 4.78 is 5.63. The molecule has 21 heavy (non-hydrogen) atoms. The van der Waals surface area contributed by atoms with E-state index in [-0.39, 0.29) is 0 Å². The van der Waals surface area contributed by atoms with E-state index in [4.69, 9.17) is 16.3 Å². The van der Waals surface area contributed by atoms with Crippen LogP contribution >= 0.6 is 11.6 Å². The third kappa shape index (κ3) is 5.26. The van der Waals surface area contributed by atoms with E-state index in [9.17, 15) is 5.11 Å². The highest BCUT2D eigenvalue weighted by molar-refractivity contribution is 6.30. The molecular weight excluding hydrogens is 286 g/mol. The molecule has 1 fully saturated rings. The molecule has 118 valence electrons. The largest absolute Gasteiger partial charge is 0.385 e. The number of likely N-dealkylation sites (tertiary alicyclic amines) is 1. The summed E-state index contributed by atoms with van der Waals surface area (Å²) in [5, 5.41) is 10.9. The zero-order chi connectivity index (χ0) is 15.2. The maximum absolute atomic E-state index is 10.2. The second kappa shape index (κ2) is 8.14. The van der Waals surface area contributed by atoms with Gasteiger partial charge in [0.05, 0.1) is 25.3 Å². The molecule has 1 aromatic carbocycles. The molecule has 0 spiro atoms. The van der Waals surface area contributed by atoms with E-state index in [1.165, 1.54) is 24.2 Å². The van der Waals surface area contributed by atoms with E-state index >= 15 is 0 Å². The van der Waals surface area contributed by atoms with Crippen molar-refractivity contribution < 1.29 is 14.7 Å². The first-order valence-corrected chi connectivity index (χ1v) is 8.30. The van der Waals surface area contributed by atoms with Gasteiger partial charge in [0.25, 0.3) is 0 Å². The number of hydrogen-bond donors (Lipinski definition) is 2. The summed E-state index contributed by atoms with van der Waals surface area (Å²) in [7, 11) is 0. The SMILES string of the molecule is C[C@@H]1CCC[C@H](C)[NH+]1C[C@H](O)COCc1ccc(Cl)cc1. The van der Waals surface area contributed by atoms with Crippen molar-refractivity contribution in [2.24, 2.45) is 0 Å². The minimum absolute atomic E-state index is 0.393. The van der Waals surface area contributed by atoms with Gasteiger partial charge in [-0.25, -0.2) is 0 Å². The van der Waals surface area contributed by atoms with Crippen LogP contribution in [0.4, 0.5) is 0 Å². The van der Waals surface area contributed by atoms with Crippen LogP contribution in [0, 0.1) is 0 Å². The summed E-state index contributed by atoms with van der Waals surface area (Å²) in [4.78, 5) is 1.52. The molecule has 0 aromatic heterocycles. The monoisotopic (exact) mass is 312 g/mol. The first-order valence-electron chi connectivity index (χ1n) is 7.92. The van der Waals surface area contributed by atoms with Crippen molar-refractivity contribution in [3.8, 4) is 0 Å². The molecular formula is C17H27ClNO2+. The van der Waals surface area contributed by atoms with Gasteiger partial charge in [-0.3, -0.25) is 0 Å². The zero-order valence-corrected chi connectivity index (χ0v) is 13.8. The Morgan fingerprint density at radius 3 is 2.48 bits per heavy atom. The van der Waals surface area contributed by atoms with Crippen molar-refractivity contribution in [3.63, 3.8) is 0 Å². The van der Waals surface area contributed by atoms with E-state index in [1.807, 2.05) is 24.3 Å². The molecule has 0 radical (unpaired) electrons. The third-order valence-corrected chi connectivity index (χ3v) is 4.76. The van der Waals surface area contributed by atoms with E-state index in [1.54, 1.807) is 0 Å². The van der Waals surface area contributed by atoms with Crippen LogP contribution in [0.25, 0.3) is 0 Å². The predicted octanol–water partition coefficient (Wildman–Crippen LogP) is 2.06. The number of piperidine rings is 1. The number of ether oxygens (including phenoxy) is 1. The van der Waals surface area contributed by atoms with E-state index in [2.05, 4.69) is 13.8 Å². The van der Waals surface area contributed by atoms with Crippen LogP contribution in [0.15, 0.2) is 24.3 Å². The lowest BCUT2D eigenvalue weighted by atomic mass is 9.97. The minimum atomic E-state index is -0.393. The molecule has 0 aliphatic carbocycles. The summed E-state index contributed by atoms with van der Waals surface area (Å²) in [5.74, 6) is 0. The Morgan fingerprint density at radius 2 is 1.86 bits per heavy atom. The van der Waals surface area contributed by atoms with Crippen LogP contribution in [-0.4, -0.2) is 36.4 Å².